The molecule has 1 aromatic heterocycles. The van der Waals surface area contributed by atoms with Gasteiger partial charge in [-0.2, -0.15) is 0 Å². The van der Waals surface area contributed by atoms with Crippen LogP contribution in [0.25, 0.3) is 11.1 Å². The van der Waals surface area contributed by atoms with Gasteiger partial charge in [-0.25, -0.2) is 4.79 Å². The molecule has 1 aromatic carbocycles. The summed E-state index contributed by atoms with van der Waals surface area (Å²) in [5.41, 5.74) is 1.87. The van der Waals surface area contributed by atoms with Crippen molar-refractivity contribution >= 4 is 16.8 Å². The molecule has 3 rings (SSSR count). The largest absolute Gasteiger partial charge is 0.417 e. The molecular weight excluding hydrogens is 256 g/mol. The van der Waals surface area contributed by atoms with E-state index in [0.717, 1.165) is 12.1 Å². The van der Waals surface area contributed by atoms with Crippen LogP contribution in [0, 0.1) is 0 Å². The molecule has 1 aliphatic heterocycles. The molecule has 1 aliphatic rings. The highest BCUT2D eigenvalue weighted by Gasteiger charge is 2.45. The van der Waals surface area contributed by atoms with Crippen LogP contribution in [0.2, 0.25) is 0 Å². The lowest BCUT2D eigenvalue weighted by atomic mass is 9.94. The van der Waals surface area contributed by atoms with E-state index in [9.17, 15) is 4.79 Å². The van der Waals surface area contributed by atoms with Gasteiger partial charge in [0.25, 0.3) is 0 Å². The third-order valence-corrected chi connectivity index (χ3v) is 3.83. The average molecular weight is 276 g/mol. The highest BCUT2D eigenvalue weighted by atomic mass is 16.5. The average Bonchev–Trinajstić information content (AvgIpc) is 2.74. The maximum absolute atomic E-state index is 11.2. The topological polar surface area (TPSA) is 67.3 Å². The number of fused-ring (bicyclic) bond motifs is 1. The number of aromatic amines is 1. The van der Waals surface area contributed by atoms with Gasteiger partial charge in [-0.05, 0) is 52.3 Å². The van der Waals surface area contributed by atoms with Crippen LogP contribution in [-0.4, -0.2) is 22.2 Å². The van der Waals surface area contributed by atoms with E-state index in [1.54, 1.807) is 6.07 Å². The van der Waals surface area contributed by atoms with Crippen molar-refractivity contribution in [3.05, 3.63) is 28.7 Å². The van der Waals surface area contributed by atoms with Gasteiger partial charge in [-0.15, -0.1) is 0 Å². The Balaban J connectivity index is 1.87. The minimum atomic E-state index is -0.428. The molecule has 0 saturated carbocycles. The Hall–Kier alpha value is -1.75. The van der Waals surface area contributed by atoms with Crippen molar-refractivity contribution in [3.8, 4) is 0 Å². The van der Waals surface area contributed by atoms with Gasteiger partial charge in [0, 0.05) is 5.69 Å². The van der Waals surface area contributed by atoms with Crippen LogP contribution in [-0.2, 0) is 4.74 Å². The van der Waals surface area contributed by atoms with Crippen LogP contribution < -0.4 is 11.1 Å². The molecule has 0 aliphatic carbocycles. The fourth-order valence-corrected chi connectivity index (χ4v) is 3.03. The predicted molar refractivity (Wildman–Crippen MR) is 78.1 cm³/mol. The lowest BCUT2D eigenvalue weighted by Gasteiger charge is -2.28. The lowest BCUT2D eigenvalue weighted by Crippen LogP contribution is -2.38. The van der Waals surface area contributed by atoms with Gasteiger partial charge in [-0.3, -0.25) is 4.98 Å². The molecule has 108 valence electrons. The number of hydrogen-bond donors (Lipinski definition) is 2. The van der Waals surface area contributed by atoms with E-state index in [4.69, 9.17) is 9.15 Å². The molecule has 5 heteroatoms. The summed E-state index contributed by atoms with van der Waals surface area (Å²) in [5.74, 6) is -0.428. The monoisotopic (exact) mass is 276 g/mol. The van der Waals surface area contributed by atoms with Crippen molar-refractivity contribution in [1.82, 2.24) is 4.98 Å². The summed E-state index contributed by atoms with van der Waals surface area (Å²) in [6.45, 7) is 8.40. The summed E-state index contributed by atoms with van der Waals surface area (Å²) in [4.78, 5) is 13.8. The molecule has 0 radical (unpaired) electrons. The van der Waals surface area contributed by atoms with Crippen LogP contribution in [0.1, 0.15) is 34.1 Å². The van der Waals surface area contributed by atoms with Gasteiger partial charge in [0.05, 0.1) is 22.8 Å². The summed E-state index contributed by atoms with van der Waals surface area (Å²) in [5, 5.41) is 3.50. The van der Waals surface area contributed by atoms with Crippen LogP contribution in [0.3, 0.4) is 0 Å². The van der Waals surface area contributed by atoms with E-state index in [0.29, 0.717) is 11.1 Å². The first-order chi connectivity index (χ1) is 9.25. The Morgan fingerprint density at radius 2 is 2.05 bits per heavy atom. The van der Waals surface area contributed by atoms with E-state index in [-0.39, 0.29) is 17.2 Å². The molecule has 1 unspecified atom stereocenters. The quantitative estimate of drug-likeness (QED) is 0.885. The number of H-pyrrole nitrogens is 1. The minimum Gasteiger partial charge on any atom is -0.408 e. The normalized spacial score (nSPS) is 24.1. The van der Waals surface area contributed by atoms with Crippen molar-refractivity contribution in [2.24, 2.45) is 0 Å². The number of aromatic nitrogens is 1. The fourth-order valence-electron chi connectivity index (χ4n) is 3.03. The number of rotatable bonds is 2. The van der Waals surface area contributed by atoms with E-state index in [1.165, 1.54) is 0 Å². The summed E-state index contributed by atoms with van der Waals surface area (Å²) in [7, 11) is 0. The van der Waals surface area contributed by atoms with Crippen LogP contribution in [0.5, 0.6) is 0 Å². The van der Waals surface area contributed by atoms with E-state index < -0.39 is 5.76 Å². The Kier molecular flexibility index (Phi) is 2.73. The number of nitrogens with one attached hydrogen (secondary N) is 2. The van der Waals surface area contributed by atoms with Crippen molar-refractivity contribution < 1.29 is 9.15 Å². The summed E-state index contributed by atoms with van der Waals surface area (Å²) < 4.78 is 11.1. The second kappa shape index (κ2) is 4.12. The zero-order valence-electron chi connectivity index (χ0n) is 12.2. The Morgan fingerprint density at radius 3 is 2.70 bits per heavy atom. The predicted octanol–water partition coefficient (Wildman–Crippen LogP) is 2.88. The molecule has 20 heavy (non-hydrogen) atoms. The van der Waals surface area contributed by atoms with E-state index in [2.05, 4.69) is 38.0 Å². The molecule has 1 atom stereocenters. The first-order valence-corrected chi connectivity index (χ1v) is 6.85. The van der Waals surface area contributed by atoms with E-state index >= 15 is 0 Å². The summed E-state index contributed by atoms with van der Waals surface area (Å²) >= 11 is 0. The van der Waals surface area contributed by atoms with Gasteiger partial charge < -0.3 is 14.5 Å². The summed E-state index contributed by atoms with van der Waals surface area (Å²) in [6, 6.07) is 5.82. The number of anilines is 1. The third kappa shape index (κ3) is 2.33. The highest BCUT2D eigenvalue weighted by Crippen LogP contribution is 2.38. The van der Waals surface area contributed by atoms with Crippen LogP contribution in [0.15, 0.2) is 27.4 Å². The molecule has 1 fully saturated rings. The van der Waals surface area contributed by atoms with Gasteiger partial charge >= 0.3 is 5.76 Å². The first kappa shape index (κ1) is 13.2. The summed E-state index contributed by atoms with van der Waals surface area (Å²) in [6.07, 6.45) is 0.930. The van der Waals surface area contributed by atoms with Crippen LogP contribution in [0.4, 0.5) is 5.69 Å². The molecule has 0 bridgehead atoms. The highest BCUT2D eigenvalue weighted by molar-refractivity contribution is 5.76. The molecule has 2 aromatic rings. The lowest BCUT2D eigenvalue weighted by molar-refractivity contribution is -0.0662. The number of benzene rings is 1. The number of ether oxygens (including phenoxy) is 1. The molecule has 2 N–H and O–H groups in total. The smallest absolute Gasteiger partial charge is 0.408 e. The fraction of sp³-hybridized carbons (Fsp3) is 0.533. The zero-order valence-corrected chi connectivity index (χ0v) is 12.2. The second-order valence-corrected chi connectivity index (χ2v) is 6.59. The van der Waals surface area contributed by atoms with Gasteiger partial charge in [0.2, 0.25) is 0 Å². The maximum atomic E-state index is 11.2. The Bertz CT molecular complexity index is 696. The molecule has 0 amide bonds. The second-order valence-electron chi connectivity index (χ2n) is 6.59. The Morgan fingerprint density at radius 1 is 1.30 bits per heavy atom. The van der Waals surface area contributed by atoms with Crippen molar-refractivity contribution in [2.75, 3.05) is 5.32 Å². The van der Waals surface area contributed by atoms with Crippen molar-refractivity contribution in [1.29, 1.82) is 0 Å². The van der Waals surface area contributed by atoms with Gasteiger partial charge in [0.1, 0.15) is 0 Å². The zero-order chi connectivity index (χ0) is 14.5. The SMILES string of the molecule is CC1(C)CC(Nc2ccc3oc(=O)[nH]c3c2)C(C)(C)O1. The van der Waals surface area contributed by atoms with Gasteiger partial charge in [-0.1, -0.05) is 0 Å². The number of hydrogen-bond acceptors (Lipinski definition) is 4. The third-order valence-electron chi connectivity index (χ3n) is 3.83. The molecule has 1 saturated heterocycles. The molecule has 5 nitrogen and oxygen atoms in total. The minimum absolute atomic E-state index is 0.130. The van der Waals surface area contributed by atoms with Crippen molar-refractivity contribution in [2.45, 2.75) is 51.4 Å². The van der Waals surface area contributed by atoms with Gasteiger partial charge in [0.15, 0.2) is 5.58 Å². The van der Waals surface area contributed by atoms with E-state index in [1.807, 2.05) is 12.1 Å². The Labute approximate surface area is 117 Å². The molecule has 0 spiro atoms. The number of oxazole rings is 1. The van der Waals surface area contributed by atoms with Crippen LogP contribution >= 0.6 is 0 Å². The molecular formula is C15H20N2O3. The maximum Gasteiger partial charge on any atom is 0.417 e. The first-order valence-electron chi connectivity index (χ1n) is 6.85. The molecule has 2 heterocycles. The van der Waals surface area contributed by atoms with Crippen molar-refractivity contribution in [3.63, 3.8) is 0 Å². The standard InChI is InChI=1S/C15H20N2O3/c1-14(2)8-12(15(3,4)20-14)16-9-5-6-11-10(7-9)17-13(18)19-11/h5-7,12,16H,8H2,1-4H3,(H,17,18).